The minimum Gasteiger partial charge on any atom is -0.476 e. The molecule has 0 spiro atoms. The molecule has 0 radical (unpaired) electrons. The SMILES string of the molecule is O=C(O)c1cc(CN(Cc2cccs2)C2CC2)on1. The van der Waals surface area contributed by atoms with Gasteiger partial charge in [0.25, 0.3) is 0 Å². The summed E-state index contributed by atoms with van der Waals surface area (Å²) in [4.78, 5) is 14.4. The minimum atomic E-state index is -1.05. The molecular formula is C13H14N2O3S. The summed E-state index contributed by atoms with van der Waals surface area (Å²) in [5.74, 6) is -0.438. The van der Waals surface area contributed by atoms with Crippen molar-refractivity contribution in [1.29, 1.82) is 0 Å². The summed E-state index contributed by atoms with van der Waals surface area (Å²) in [6, 6.07) is 6.25. The zero-order chi connectivity index (χ0) is 13.2. The molecule has 19 heavy (non-hydrogen) atoms. The zero-order valence-electron chi connectivity index (χ0n) is 10.3. The predicted octanol–water partition coefficient (Wildman–Crippen LogP) is 2.60. The number of carboxylic acid groups (broad SMARTS) is 1. The van der Waals surface area contributed by atoms with E-state index in [0.717, 1.165) is 6.54 Å². The van der Waals surface area contributed by atoms with Gasteiger partial charge in [0.15, 0.2) is 11.5 Å². The number of carboxylic acids is 1. The number of hydrogen-bond acceptors (Lipinski definition) is 5. The summed E-state index contributed by atoms with van der Waals surface area (Å²) in [7, 11) is 0. The van der Waals surface area contributed by atoms with Gasteiger partial charge in [0.05, 0.1) is 6.54 Å². The van der Waals surface area contributed by atoms with Crippen LogP contribution in [0.1, 0.15) is 34.0 Å². The third-order valence-corrected chi connectivity index (χ3v) is 4.00. The predicted molar refractivity (Wildman–Crippen MR) is 70.1 cm³/mol. The maximum absolute atomic E-state index is 10.8. The van der Waals surface area contributed by atoms with Crippen molar-refractivity contribution < 1.29 is 14.4 Å². The molecule has 1 N–H and O–H groups in total. The van der Waals surface area contributed by atoms with Crippen molar-refractivity contribution in [3.8, 4) is 0 Å². The summed E-state index contributed by atoms with van der Waals surface area (Å²) in [6.45, 7) is 1.49. The summed E-state index contributed by atoms with van der Waals surface area (Å²) >= 11 is 1.74. The van der Waals surface area contributed by atoms with E-state index in [2.05, 4.69) is 21.5 Å². The number of rotatable bonds is 6. The monoisotopic (exact) mass is 278 g/mol. The molecule has 0 unspecified atom stereocenters. The quantitative estimate of drug-likeness (QED) is 0.879. The second-order valence-electron chi connectivity index (χ2n) is 4.70. The molecule has 2 aromatic heterocycles. The highest BCUT2D eigenvalue weighted by Crippen LogP contribution is 2.30. The molecule has 2 aromatic rings. The first kappa shape index (κ1) is 12.4. The Labute approximate surface area is 114 Å². The molecule has 0 bridgehead atoms. The van der Waals surface area contributed by atoms with E-state index < -0.39 is 5.97 Å². The molecule has 0 aromatic carbocycles. The van der Waals surface area contributed by atoms with Gasteiger partial charge in [-0.15, -0.1) is 11.3 Å². The number of thiophene rings is 1. The molecule has 2 heterocycles. The van der Waals surface area contributed by atoms with Gasteiger partial charge < -0.3 is 9.63 Å². The van der Waals surface area contributed by atoms with E-state index in [4.69, 9.17) is 9.63 Å². The van der Waals surface area contributed by atoms with Crippen LogP contribution in [-0.2, 0) is 13.1 Å². The molecule has 100 valence electrons. The minimum absolute atomic E-state index is 0.0260. The first-order valence-corrected chi connectivity index (χ1v) is 7.05. The van der Waals surface area contributed by atoms with Crippen LogP contribution in [0, 0.1) is 0 Å². The van der Waals surface area contributed by atoms with Gasteiger partial charge >= 0.3 is 5.97 Å². The second kappa shape index (κ2) is 5.14. The molecular weight excluding hydrogens is 264 g/mol. The second-order valence-corrected chi connectivity index (χ2v) is 5.73. The van der Waals surface area contributed by atoms with Gasteiger partial charge in [0.2, 0.25) is 0 Å². The largest absolute Gasteiger partial charge is 0.476 e. The fraction of sp³-hybridized carbons (Fsp3) is 0.385. The molecule has 0 atom stereocenters. The Balaban J connectivity index is 1.68. The van der Waals surface area contributed by atoms with Gasteiger partial charge in [-0.2, -0.15) is 0 Å². The Kier molecular flexibility index (Phi) is 3.35. The molecule has 5 nitrogen and oxygen atoms in total. The van der Waals surface area contributed by atoms with Crippen molar-refractivity contribution in [2.45, 2.75) is 32.0 Å². The Morgan fingerprint density at radius 3 is 2.95 bits per heavy atom. The van der Waals surface area contributed by atoms with E-state index in [1.807, 2.05) is 6.07 Å². The van der Waals surface area contributed by atoms with E-state index in [-0.39, 0.29) is 5.69 Å². The summed E-state index contributed by atoms with van der Waals surface area (Å²) in [5, 5.41) is 14.4. The third kappa shape index (κ3) is 3.02. The maximum atomic E-state index is 10.8. The average Bonchev–Trinajstić information content (AvgIpc) is 2.90. The Morgan fingerprint density at radius 2 is 2.37 bits per heavy atom. The highest BCUT2D eigenvalue weighted by Gasteiger charge is 2.30. The van der Waals surface area contributed by atoms with E-state index in [1.165, 1.54) is 23.8 Å². The maximum Gasteiger partial charge on any atom is 0.358 e. The number of carbonyl (C=O) groups is 1. The van der Waals surface area contributed by atoms with Crippen LogP contribution >= 0.6 is 11.3 Å². The Morgan fingerprint density at radius 1 is 1.53 bits per heavy atom. The van der Waals surface area contributed by atoms with Gasteiger partial charge in [-0.3, -0.25) is 4.90 Å². The highest BCUT2D eigenvalue weighted by molar-refractivity contribution is 7.09. The first-order chi connectivity index (χ1) is 9.22. The van der Waals surface area contributed by atoms with Crippen LogP contribution in [0.5, 0.6) is 0 Å². The topological polar surface area (TPSA) is 66.6 Å². The van der Waals surface area contributed by atoms with Crippen LogP contribution in [0.3, 0.4) is 0 Å². The molecule has 0 saturated heterocycles. The number of aromatic nitrogens is 1. The van der Waals surface area contributed by atoms with Crippen molar-refractivity contribution in [3.05, 3.63) is 39.9 Å². The van der Waals surface area contributed by atoms with Crippen LogP contribution in [0.4, 0.5) is 0 Å². The van der Waals surface area contributed by atoms with E-state index >= 15 is 0 Å². The van der Waals surface area contributed by atoms with Gasteiger partial charge in [-0.05, 0) is 24.3 Å². The standard InChI is InChI=1S/C13H14N2O3S/c16-13(17)12-6-10(18-14-12)7-15(9-3-4-9)8-11-2-1-5-19-11/h1-2,5-6,9H,3-4,7-8H2,(H,16,17). The molecule has 1 aliphatic carbocycles. The van der Waals surface area contributed by atoms with Crippen molar-refractivity contribution in [1.82, 2.24) is 10.1 Å². The van der Waals surface area contributed by atoms with Gasteiger partial charge in [0, 0.05) is 23.5 Å². The average molecular weight is 278 g/mol. The van der Waals surface area contributed by atoms with Crippen molar-refractivity contribution >= 4 is 17.3 Å². The summed E-state index contributed by atoms with van der Waals surface area (Å²) in [6.07, 6.45) is 2.40. The fourth-order valence-electron chi connectivity index (χ4n) is 2.04. The number of nitrogens with zero attached hydrogens (tertiary/aromatic N) is 2. The smallest absolute Gasteiger partial charge is 0.358 e. The van der Waals surface area contributed by atoms with Crippen molar-refractivity contribution in [2.75, 3.05) is 0 Å². The van der Waals surface area contributed by atoms with Crippen molar-refractivity contribution in [3.63, 3.8) is 0 Å². The lowest BCUT2D eigenvalue weighted by Gasteiger charge is -2.19. The molecule has 0 aliphatic heterocycles. The van der Waals surface area contributed by atoms with Gasteiger partial charge in [-0.25, -0.2) is 4.79 Å². The van der Waals surface area contributed by atoms with E-state index in [0.29, 0.717) is 18.3 Å². The molecule has 6 heteroatoms. The number of aromatic carboxylic acids is 1. The Hall–Kier alpha value is -1.66. The van der Waals surface area contributed by atoms with Crippen LogP contribution in [-0.4, -0.2) is 27.2 Å². The third-order valence-electron chi connectivity index (χ3n) is 3.14. The van der Waals surface area contributed by atoms with Gasteiger partial charge in [0.1, 0.15) is 0 Å². The van der Waals surface area contributed by atoms with E-state index in [9.17, 15) is 4.79 Å². The van der Waals surface area contributed by atoms with Crippen LogP contribution < -0.4 is 0 Å². The molecule has 3 rings (SSSR count). The lowest BCUT2D eigenvalue weighted by molar-refractivity contribution is 0.0685. The van der Waals surface area contributed by atoms with Crippen LogP contribution in [0.2, 0.25) is 0 Å². The zero-order valence-corrected chi connectivity index (χ0v) is 11.1. The molecule has 1 aliphatic rings. The lowest BCUT2D eigenvalue weighted by atomic mass is 10.3. The normalized spacial score (nSPS) is 15.0. The van der Waals surface area contributed by atoms with Crippen LogP contribution in [0.25, 0.3) is 0 Å². The first-order valence-electron chi connectivity index (χ1n) is 6.17. The molecule has 0 amide bonds. The van der Waals surface area contributed by atoms with Gasteiger partial charge in [-0.1, -0.05) is 11.2 Å². The highest BCUT2D eigenvalue weighted by atomic mass is 32.1. The summed E-state index contributed by atoms with van der Waals surface area (Å²) in [5.41, 5.74) is -0.0260. The van der Waals surface area contributed by atoms with Crippen LogP contribution in [0.15, 0.2) is 28.1 Å². The summed E-state index contributed by atoms with van der Waals surface area (Å²) < 4.78 is 5.08. The lowest BCUT2D eigenvalue weighted by Crippen LogP contribution is -2.24. The number of hydrogen-bond donors (Lipinski definition) is 1. The fourth-order valence-corrected chi connectivity index (χ4v) is 2.77. The molecule has 1 saturated carbocycles. The van der Waals surface area contributed by atoms with E-state index in [1.54, 1.807) is 11.3 Å². The van der Waals surface area contributed by atoms with Crippen molar-refractivity contribution in [2.24, 2.45) is 0 Å². The molecule has 1 fully saturated rings. The Bertz CT molecular complexity index is 560.